The Morgan fingerprint density at radius 3 is 1.39 bits per heavy atom. The Morgan fingerprint density at radius 2 is 1.03 bits per heavy atom. The normalized spacial score (nSPS) is 21.9. The average molecular weight is 885 g/mol. The molecule has 2 heterocycles. The van der Waals surface area contributed by atoms with Crippen molar-refractivity contribution in [2.24, 2.45) is 0 Å². The van der Waals surface area contributed by atoms with Crippen molar-refractivity contribution in [3.05, 3.63) is 119 Å². The minimum absolute atomic E-state index is 0.00399. The molecule has 2 aliphatic carbocycles. The number of hydrogen-bond donors (Lipinski definition) is 0. The zero-order chi connectivity index (χ0) is 43.3. The van der Waals surface area contributed by atoms with E-state index in [2.05, 4.69) is 48.5 Å². The predicted octanol–water partition coefficient (Wildman–Crippen LogP) is 7.58. The van der Waals surface area contributed by atoms with E-state index in [9.17, 15) is 18.7 Å². The van der Waals surface area contributed by atoms with Crippen molar-refractivity contribution in [2.45, 2.75) is 36.1 Å². The highest BCUT2D eigenvalue weighted by Crippen LogP contribution is 2.54. The summed E-state index contributed by atoms with van der Waals surface area (Å²) in [5.74, 6) is -0.0216. The molecule has 0 spiro atoms. The van der Waals surface area contributed by atoms with Crippen LogP contribution in [0.15, 0.2) is 97.1 Å². The Kier molecular flexibility index (Phi) is 14.8. The van der Waals surface area contributed by atoms with Crippen LogP contribution in [0.1, 0.15) is 34.1 Å². The van der Waals surface area contributed by atoms with Crippen LogP contribution in [0.25, 0.3) is 22.3 Å². The third-order valence-corrected chi connectivity index (χ3v) is 14.0. The van der Waals surface area contributed by atoms with Crippen LogP contribution >= 0.6 is 26.1 Å². The van der Waals surface area contributed by atoms with Gasteiger partial charge in [-0.25, -0.2) is 14.3 Å². The fraction of sp³-hybridized carbons (Fsp3) is 0.395. The van der Waals surface area contributed by atoms with Crippen molar-refractivity contribution >= 4 is 54.0 Å². The summed E-state index contributed by atoms with van der Waals surface area (Å²) >= 11 is 5.90. The number of morpholine rings is 2. The molecule has 316 valence electrons. The van der Waals surface area contributed by atoms with Crippen LogP contribution in [0.4, 0.5) is 9.59 Å². The van der Waals surface area contributed by atoms with Crippen LogP contribution in [0.5, 0.6) is 0 Å². The first-order chi connectivity index (χ1) is 29.3. The molecule has 2 saturated heterocycles. The standard InChI is InChI=1S/C22H25BClN2O5P.C21H22BNO5P/c1-25(2)32(24,28)30-13-15-11-26(12-21(23)31-15)22(27)29-14-20-18-9-5-3-7-16(18)17-8-4-6-10-19(17)20;1-29(25)27-12-14-10-23(11-20(22)28-14)21(24)26-13-19-17-8-4-2-6-15(17)16-7-3-5-9-18(16)19/h3-10,15,20-21H,11-14H2,1-2H3;2-9,14,19-20H,10-13H2,1H3/q;+1. The Bertz CT molecular complexity index is 2180. The molecule has 13 nitrogen and oxygen atoms in total. The van der Waals surface area contributed by atoms with Gasteiger partial charge in [0.05, 0.1) is 25.8 Å². The Morgan fingerprint density at radius 1 is 0.672 bits per heavy atom. The van der Waals surface area contributed by atoms with Gasteiger partial charge in [0.2, 0.25) is 0 Å². The number of amides is 2. The van der Waals surface area contributed by atoms with E-state index in [1.165, 1.54) is 54.5 Å². The highest BCUT2D eigenvalue weighted by Gasteiger charge is 2.36. The lowest BCUT2D eigenvalue weighted by Crippen LogP contribution is -2.51. The van der Waals surface area contributed by atoms with Crippen LogP contribution in [-0.4, -0.2) is 140 Å². The lowest BCUT2D eigenvalue weighted by molar-refractivity contribution is -0.0630. The van der Waals surface area contributed by atoms with E-state index in [4.69, 9.17) is 54.9 Å². The van der Waals surface area contributed by atoms with Gasteiger partial charge in [-0.2, -0.15) is 0 Å². The van der Waals surface area contributed by atoms with Gasteiger partial charge in [0.1, 0.15) is 41.6 Å². The second-order valence-corrected chi connectivity index (χ2v) is 19.7. The van der Waals surface area contributed by atoms with E-state index in [-0.39, 0.29) is 64.4 Å². The number of fused-ring (bicyclic) bond motifs is 6. The predicted molar refractivity (Wildman–Crippen MR) is 235 cm³/mol. The summed E-state index contributed by atoms with van der Waals surface area (Å²) in [4.78, 5) is 28.6. The number of carbonyl (C=O) groups is 2. The first-order valence-electron chi connectivity index (χ1n) is 20.0. The number of rotatable bonds is 11. The number of halogens is 1. The van der Waals surface area contributed by atoms with Gasteiger partial charge in [-0.3, -0.25) is 4.57 Å². The Balaban J connectivity index is 0.000000185. The highest BCUT2D eigenvalue weighted by atomic mass is 35.7. The van der Waals surface area contributed by atoms with E-state index in [1.54, 1.807) is 14.1 Å². The lowest BCUT2D eigenvalue weighted by atomic mass is 9.97. The summed E-state index contributed by atoms with van der Waals surface area (Å²) < 4.78 is 57.7. The summed E-state index contributed by atoms with van der Waals surface area (Å²) in [5, 5.41) is 0. The summed E-state index contributed by atoms with van der Waals surface area (Å²) in [6.07, 6.45) is -1.90. The highest BCUT2D eigenvalue weighted by molar-refractivity contribution is 7.83. The van der Waals surface area contributed by atoms with E-state index in [0.717, 1.165) is 11.1 Å². The zero-order valence-electron chi connectivity index (χ0n) is 34.2. The Hall–Kier alpha value is -4.03. The maximum atomic E-state index is 12.8. The van der Waals surface area contributed by atoms with Crippen molar-refractivity contribution < 1.29 is 46.7 Å². The molecule has 4 aromatic rings. The minimum atomic E-state index is -3.43. The van der Waals surface area contributed by atoms with E-state index in [1.807, 2.05) is 48.5 Å². The Labute approximate surface area is 364 Å². The van der Waals surface area contributed by atoms with Gasteiger partial charge in [-0.15, -0.1) is 4.52 Å². The first-order valence-corrected chi connectivity index (χ1v) is 24.1. The van der Waals surface area contributed by atoms with Gasteiger partial charge in [0, 0.05) is 36.9 Å². The molecule has 61 heavy (non-hydrogen) atoms. The maximum Gasteiger partial charge on any atom is 0.504 e. The van der Waals surface area contributed by atoms with Crippen LogP contribution in [0, 0.1) is 0 Å². The van der Waals surface area contributed by atoms with Crippen LogP contribution < -0.4 is 0 Å². The molecule has 2 amide bonds. The molecule has 18 heteroatoms. The van der Waals surface area contributed by atoms with Crippen molar-refractivity contribution in [3.8, 4) is 22.3 Å². The molecule has 0 bridgehead atoms. The summed E-state index contributed by atoms with van der Waals surface area (Å²) in [5.41, 5.74) is 9.33. The van der Waals surface area contributed by atoms with Crippen molar-refractivity contribution in [2.75, 3.05) is 73.4 Å². The first kappa shape index (κ1) is 45.0. The van der Waals surface area contributed by atoms with Gasteiger partial charge in [0.15, 0.2) is 6.66 Å². The third-order valence-electron chi connectivity index (χ3n) is 10.9. The smallest absolute Gasteiger partial charge is 0.448 e. The molecule has 0 saturated carbocycles. The number of carbonyl (C=O) groups excluding carboxylic acids is 2. The van der Waals surface area contributed by atoms with Gasteiger partial charge in [0.25, 0.3) is 0 Å². The van der Waals surface area contributed by atoms with Crippen molar-refractivity contribution in [1.29, 1.82) is 0 Å². The van der Waals surface area contributed by atoms with E-state index in [0.29, 0.717) is 0 Å². The summed E-state index contributed by atoms with van der Waals surface area (Å²) in [7, 11) is 13.2. The van der Waals surface area contributed by atoms with Crippen molar-refractivity contribution in [1.82, 2.24) is 14.5 Å². The molecule has 4 aromatic carbocycles. The molecule has 0 aromatic heterocycles. The number of hydrogen-bond acceptors (Lipinski definition) is 10. The third kappa shape index (κ3) is 10.8. The number of nitrogens with zero attached hydrogens (tertiary/aromatic N) is 3. The molecule has 6 atom stereocenters. The van der Waals surface area contributed by atoms with Gasteiger partial charge >= 0.3 is 27.1 Å². The molecule has 0 N–H and O–H groups in total. The van der Waals surface area contributed by atoms with E-state index < -0.39 is 51.3 Å². The van der Waals surface area contributed by atoms with Gasteiger partial charge < -0.3 is 33.3 Å². The molecule has 6 unspecified atom stereocenters. The SMILES string of the molecule is [B]C1CN(C(=O)OCC2c3ccccc3-c3ccccc32)CC(COP(=O)(Cl)N(C)C)O1.[B]C1CN(C(=O)OCC2c3ccccc3-c3ccccc32)CC(CO[P+](C)=O)O1. The quantitative estimate of drug-likeness (QED) is 0.109. The van der Waals surface area contributed by atoms with E-state index >= 15 is 0 Å². The van der Waals surface area contributed by atoms with Gasteiger partial charge in [-0.1, -0.05) is 97.1 Å². The summed E-state index contributed by atoms with van der Waals surface area (Å²) in [6, 6.07) is 31.4. The molecular weight excluding hydrogens is 838 g/mol. The number of ether oxygens (including phenoxy) is 4. The monoisotopic (exact) mass is 884 g/mol. The molecule has 4 aliphatic rings. The fourth-order valence-corrected chi connectivity index (χ4v) is 9.20. The largest absolute Gasteiger partial charge is 0.504 e. The average Bonchev–Trinajstić information content (AvgIpc) is 3.75. The second-order valence-electron chi connectivity index (χ2n) is 15.3. The second kappa shape index (κ2) is 20.0. The zero-order valence-corrected chi connectivity index (χ0v) is 36.8. The minimum Gasteiger partial charge on any atom is -0.448 e. The van der Waals surface area contributed by atoms with Crippen LogP contribution in [0.2, 0.25) is 0 Å². The fourth-order valence-electron chi connectivity index (χ4n) is 8.07. The molecular formula is C43H47B2ClN3O10P2+. The van der Waals surface area contributed by atoms with Crippen LogP contribution in [-0.2, 0) is 37.1 Å². The lowest BCUT2D eigenvalue weighted by Gasteiger charge is -2.36. The topological polar surface area (TPSA) is 133 Å². The number of benzene rings is 4. The van der Waals surface area contributed by atoms with Gasteiger partial charge in [-0.05, 0) is 74.4 Å². The van der Waals surface area contributed by atoms with Crippen molar-refractivity contribution in [3.63, 3.8) is 0 Å². The molecule has 8 rings (SSSR count). The molecule has 2 fully saturated rings. The molecule has 2 aliphatic heterocycles. The maximum absolute atomic E-state index is 12.8. The molecule has 4 radical (unpaired) electrons. The van der Waals surface area contributed by atoms with Crippen LogP contribution in [0.3, 0.4) is 0 Å². The summed E-state index contributed by atoms with van der Waals surface area (Å²) in [6.45, 7) is -0.503.